The van der Waals surface area contributed by atoms with Crippen LogP contribution in [-0.4, -0.2) is 5.78 Å². The molecular formula is C16H17ClN2O. The second-order valence-electron chi connectivity index (χ2n) is 4.53. The molecule has 0 saturated heterocycles. The number of anilines is 1. The summed E-state index contributed by atoms with van der Waals surface area (Å²) in [6.07, 6.45) is 5.02. The van der Waals surface area contributed by atoms with E-state index in [1.54, 1.807) is 23.0 Å². The molecule has 0 fully saturated rings. The molecule has 0 aliphatic rings. The van der Waals surface area contributed by atoms with E-state index in [0.29, 0.717) is 5.82 Å². The van der Waals surface area contributed by atoms with E-state index in [-0.39, 0.29) is 18.2 Å². The van der Waals surface area contributed by atoms with Crippen LogP contribution in [-0.2, 0) is 0 Å². The number of nitrogens with two attached hydrogens (primary N) is 1. The van der Waals surface area contributed by atoms with Gasteiger partial charge in [0.25, 0.3) is 5.82 Å². The average Bonchev–Trinajstić information content (AvgIpc) is 2.37. The van der Waals surface area contributed by atoms with E-state index in [9.17, 15) is 4.79 Å². The average molecular weight is 289 g/mol. The highest BCUT2D eigenvalue weighted by atomic mass is 35.5. The molecule has 3 nitrogen and oxygen atoms in total. The Labute approximate surface area is 125 Å². The highest BCUT2D eigenvalue weighted by Gasteiger charge is 2.06. The molecule has 4 heteroatoms. The van der Waals surface area contributed by atoms with E-state index in [2.05, 4.69) is 0 Å². The third kappa shape index (κ3) is 3.68. The number of hydrogen-bond acceptors (Lipinski definition) is 2. The Morgan fingerprint density at radius 1 is 1.20 bits per heavy atom. The molecule has 0 aliphatic heterocycles. The number of nitrogens with zero attached hydrogens (tertiary/aromatic N) is 1. The lowest BCUT2D eigenvalue weighted by Gasteiger charge is -2.02. The molecule has 0 bridgehead atoms. The second kappa shape index (κ2) is 6.87. The van der Waals surface area contributed by atoms with Crippen LogP contribution in [0.4, 0.5) is 5.82 Å². The van der Waals surface area contributed by atoms with Crippen molar-refractivity contribution in [3.63, 3.8) is 0 Å². The molecule has 0 amide bonds. The number of benzene rings is 1. The van der Waals surface area contributed by atoms with Gasteiger partial charge in [-0.2, -0.15) is 0 Å². The standard InChI is InChI=1S/C16H16N2O.ClH/c1-12-6-7-14(13(2)11-12)15(19)8-10-18-9-4-3-5-16(18)17;/h3-11,17H,1-2H3;1H. The van der Waals surface area contributed by atoms with Gasteiger partial charge in [-0.05, 0) is 25.5 Å². The number of aryl methyl sites for hydroxylation is 2. The van der Waals surface area contributed by atoms with E-state index in [0.717, 1.165) is 16.7 Å². The summed E-state index contributed by atoms with van der Waals surface area (Å²) in [7, 11) is 0. The van der Waals surface area contributed by atoms with E-state index >= 15 is 0 Å². The van der Waals surface area contributed by atoms with Gasteiger partial charge in [0.15, 0.2) is 5.78 Å². The van der Waals surface area contributed by atoms with E-state index in [1.165, 1.54) is 6.08 Å². The van der Waals surface area contributed by atoms with Crippen LogP contribution in [0.2, 0.25) is 0 Å². The van der Waals surface area contributed by atoms with Gasteiger partial charge in [0.05, 0.1) is 12.4 Å². The van der Waals surface area contributed by atoms with Crippen LogP contribution < -0.4 is 22.7 Å². The minimum absolute atomic E-state index is 0. The van der Waals surface area contributed by atoms with Crippen molar-refractivity contribution in [2.24, 2.45) is 0 Å². The normalized spacial score (nSPS) is 10.3. The number of pyridine rings is 1. The van der Waals surface area contributed by atoms with Crippen molar-refractivity contribution in [3.05, 3.63) is 65.4 Å². The Kier molecular flexibility index (Phi) is 5.47. The molecule has 104 valence electrons. The number of carbonyl (C=O) groups is 1. The quantitative estimate of drug-likeness (QED) is 0.472. The smallest absolute Gasteiger partial charge is 0.276 e. The molecule has 0 spiro atoms. The van der Waals surface area contributed by atoms with Crippen LogP contribution in [0.15, 0.2) is 48.7 Å². The first-order chi connectivity index (χ1) is 9.08. The fourth-order valence-electron chi connectivity index (χ4n) is 1.93. The lowest BCUT2D eigenvalue weighted by Crippen LogP contribution is -3.00. The Balaban J connectivity index is 0.00000200. The van der Waals surface area contributed by atoms with Gasteiger partial charge >= 0.3 is 0 Å². The summed E-state index contributed by atoms with van der Waals surface area (Å²) in [4.78, 5) is 12.1. The van der Waals surface area contributed by atoms with Crippen LogP contribution >= 0.6 is 0 Å². The van der Waals surface area contributed by atoms with Gasteiger partial charge in [0.2, 0.25) is 0 Å². The summed E-state index contributed by atoms with van der Waals surface area (Å²) in [6, 6.07) is 11.3. The van der Waals surface area contributed by atoms with E-state index < -0.39 is 0 Å². The molecule has 1 heterocycles. The lowest BCUT2D eigenvalue weighted by atomic mass is 10.0. The van der Waals surface area contributed by atoms with Gasteiger partial charge < -0.3 is 12.4 Å². The first-order valence-corrected chi connectivity index (χ1v) is 6.13. The summed E-state index contributed by atoms with van der Waals surface area (Å²) in [6.45, 7) is 3.95. The number of allylic oxidation sites excluding steroid dienone is 1. The molecular weight excluding hydrogens is 272 g/mol. The van der Waals surface area contributed by atoms with Crippen LogP contribution in [0.1, 0.15) is 21.5 Å². The van der Waals surface area contributed by atoms with Crippen LogP contribution in [0.3, 0.4) is 0 Å². The first kappa shape index (κ1) is 15.9. The zero-order chi connectivity index (χ0) is 13.8. The molecule has 2 rings (SSSR count). The highest BCUT2D eigenvalue weighted by Crippen LogP contribution is 2.11. The SMILES string of the molecule is Cc1ccc(C(=O)C=C[n+]2ccccc2N)c(C)c1.[Cl-]. The van der Waals surface area contributed by atoms with Gasteiger partial charge in [-0.1, -0.05) is 29.8 Å². The van der Waals surface area contributed by atoms with Gasteiger partial charge in [0.1, 0.15) is 0 Å². The molecule has 0 atom stereocenters. The first-order valence-electron chi connectivity index (χ1n) is 6.13. The summed E-state index contributed by atoms with van der Waals surface area (Å²) in [5, 5.41) is 0. The number of aromatic nitrogens is 1. The zero-order valence-corrected chi connectivity index (χ0v) is 12.3. The van der Waals surface area contributed by atoms with Crippen LogP contribution in [0.5, 0.6) is 0 Å². The van der Waals surface area contributed by atoms with Crippen molar-refractivity contribution in [1.82, 2.24) is 0 Å². The Hall–Kier alpha value is -2.13. The molecule has 2 N–H and O–H groups in total. The zero-order valence-electron chi connectivity index (χ0n) is 11.5. The third-order valence-corrected chi connectivity index (χ3v) is 2.96. The minimum Gasteiger partial charge on any atom is -1.00 e. The number of rotatable bonds is 3. The minimum atomic E-state index is -0.0201. The van der Waals surface area contributed by atoms with Crippen LogP contribution in [0.25, 0.3) is 6.20 Å². The van der Waals surface area contributed by atoms with Crippen molar-refractivity contribution in [2.75, 3.05) is 5.73 Å². The third-order valence-electron chi connectivity index (χ3n) is 2.96. The van der Waals surface area contributed by atoms with Crippen molar-refractivity contribution in [2.45, 2.75) is 13.8 Å². The summed E-state index contributed by atoms with van der Waals surface area (Å²) in [5.74, 6) is 0.570. The fraction of sp³-hybridized carbons (Fsp3) is 0.125. The predicted octanol–water partition coefficient (Wildman–Crippen LogP) is -0.469. The van der Waals surface area contributed by atoms with Gasteiger partial charge in [-0.25, -0.2) is 4.57 Å². The molecule has 20 heavy (non-hydrogen) atoms. The maximum absolute atomic E-state index is 12.1. The topological polar surface area (TPSA) is 47.0 Å². The van der Waals surface area contributed by atoms with Gasteiger partial charge in [-0.3, -0.25) is 10.5 Å². The maximum atomic E-state index is 12.1. The summed E-state index contributed by atoms with van der Waals surface area (Å²) in [5.41, 5.74) is 8.65. The van der Waals surface area contributed by atoms with E-state index in [1.807, 2.05) is 44.2 Å². The Bertz CT molecular complexity index is 651. The summed E-state index contributed by atoms with van der Waals surface area (Å²) < 4.78 is 1.71. The number of nitrogen functional groups attached to an aromatic ring is 1. The Morgan fingerprint density at radius 3 is 2.60 bits per heavy atom. The molecule has 0 aliphatic carbocycles. The van der Waals surface area contributed by atoms with Crippen LogP contribution in [0, 0.1) is 13.8 Å². The van der Waals surface area contributed by atoms with Crippen molar-refractivity contribution < 1.29 is 21.8 Å². The number of carbonyl (C=O) groups excluding carboxylic acids is 1. The monoisotopic (exact) mass is 288 g/mol. The number of hydrogen-bond donors (Lipinski definition) is 1. The fourth-order valence-corrected chi connectivity index (χ4v) is 1.93. The molecule has 1 aromatic heterocycles. The number of halogens is 1. The second-order valence-corrected chi connectivity index (χ2v) is 4.53. The van der Waals surface area contributed by atoms with Crippen molar-refractivity contribution in [3.8, 4) is 0 Å². The van der Waals surface area contributed by atoms with Crippen molar-refractivity contribution >= 4 is 17.8 Å². The maximum Gasteiger partial charge on any atom is 0.276 e. The van der Waals surface area contributed by atoms with E-state index in [4.69, 9.17) is 5.73 Å². The number of ketones is 1. The van der Waals surface area contributed by atoms with Gasteiger partial charge in [0, 0.05) is 17.7 Å². The molecule has 2 aromatic rings. The Morgan fingerprint density at radius 2 is 1.95 bits per heavy atom. The molecule has 0 saturated carbocycles. The molecule has 0 unspecified atom stereocenters. The predicted molar refractivity (Wildman–Crippen MR) is 76.6 cm³/mol. The molecule has 0 radical (unpaired) electrons. The lowest BCUT2D eigenvalue weighted by molar-refractivity contribution is -0.552. The van der Waals surface area contributed by atoms with Crippen molar-refractivity contribution in [1.29, 1.82) is 0 Å². The highest BCUT2D eigenvalue weighted by molar-refractivity contribution is 6.06. The molecule has 1 aromatic carbocycles. The van der Waals surface area contributed by atoms with Gasteiger partial charge in [-0.15, -0.1) is 0 Å². The summed E-state index contributed by atoms with van der Waals surface area (Å²) >= 11 is 0. The largest absolute Gasteiger partial charge is 1.00 e.